The fourth-order valence-electron chi connectivity index (χ4n) is 8.20. The molecule has 8 aromatic rings. The van der Waals surface area contributed by atoms with Crippen LogP contribution in [0.15, 0.2) is 168 Å². The van der Waals surface area contributed by atoms with Crippen LogP contribution in [0.3, 0.4) is 0 Å². The Hall–Kier alpha value is -5.51. The molecule has 0 unspecified atom stereocenters. The molecule has 0 saturated carbocycles. The van der Waals surface area contributed by atoms with Crippen molar-refractivity contribution in [3.8, 4) is 50.5 Å². The fraction of sp³-hybridized carbons (Fsp3) is 0.0227. The molecule has 2 nitrogen and oxygen atoms in total. The molecule has 0 fully saturated rings. The lowest BCUT2D eigenvalue weighted by Crippen LogP contribution is -2.25. The van der Waals surface area contributed by atoms with E-state index in [1.54, 1.807) is 0 Å². The minimum atomic E-state index is -0.348. The molecule has 1 heterocycles. The van der Waals surface area contributed by atoms with Crippen LogP contribution in [-0.4, -0.2) is 9.55 Å². The van der Waals surface area contributed by atoms with Crippen LogP contribution in [0, 0.1) is 0 Å². The summed E-state index contributed by atoms with van der Waals surface area (Å²) in [5.74, 6) is 0.938. The molecular formula is C44H27BrN2. The van der Waals surface area contributed by atoms with E-state index < -0.39 is 0 Å². The van der Waals surface area contributed by atoms with Gasteiger partial charge in [0.1, 0.15) is 5.82 Å². The van der Waals surface area contributed by atoms with Crippen LogP contribution in [0.1, 0.15) is 22.3 Å². The van der Waals surface area contributed by atoms with Crippen LogP contribution in [0.4, 0.5) is 0 Å². The maximum atomic E-state index is 5.14. The molecule has 220 valence electrons. The maximum Gasteiger partial charge on any atom is 0.145 e. The first-order chi connectivity index (χ1) is 23.2. The van der Waals surface area contributed by atoms with Crippen molar-refractivity contribution in [2.24, 2.45) is 0 Å². The summed E-state index contributed by atoms with van der Waals surface area (Å²) in [5, 5.41) is 0. The molecule has 0 N–H and O–H groups in total. The summed E-state index contributed by atoms with van der Waals surface area (Å²) in [6.07, 6.45) is 0. The summed E-state index contributed by atoms with van der Waals surface area (Å²) in [6, 6.07) is 59.5. The number of para-hydroxylation sites is 3. The van der Waals surface area contributed by atoms with Crippen molar-refractivity contribution in [1.29, 1.82) is 0 Å². The van der Waals surface area contributed by atoms with E-state index in [1.165, 1.54) is 55.6 Å². The van der Waals surface area contributed by atoms with E-state index in [0.29, 0.717) is 0 Å². The number of nitrogens with zero attached hydrogens (tertiary/aromatic N) is 2. The number of aromatic nitrogens is 2. The van der Waals surface area contributed by atoms with Gasteiger partial charge in [0.05, 0.1) is 16.4 Å². The quantitative estimate of drug-likeness (QED) is 0.184. The van der Waals surface area contributed by atoms with Crippen molar-refractivity contribution in [3.63, 3.8) is 0 Å². The van der Waals surface area contributed by atoms with Crippen molar-refractivity contribution in [1.82, 2.24) is 9.55 Å². The third-order valence-corrected chi connectivity index (χ3v) is 10.6. The fourth-order valence-corrected chi connectivity index (χ4v) is 8.56. The lowest BCUT2D eigenvalue weighted by atomic mass is 9.70. The second-order valence-corrected chi connectivity index (χ2v) is 13.4. The number of imidazole rings is 1. The normalized spacial score (nSPS) is 13.4. The van der Waals surface area contributed by atoms with Gasteiger partial charge in [0.15, 0.2) is 0 Å². The van der Waals surface area contributed by atoms with Gasteiger partial charge in [0.25, 0.3) is 0 Å². The molecule has 10 rings (SSSR count). The molecule has 0 bridgehead atoms. The second-order valence-electron chi connectivity index (χ2n) is 12.5. The van der Waals surface area contributed by atoms with Gasteiger partial charge in [-0.25, -0.2) is 4.98 Å². The average Bonchev–Trinajstić information content (AvgIpc) is 3.76. The van der Waals surface area contributed by atoms with Crippen LogP contribution in [0.25, 0.3) is 61.5 Å². The minimum Gasteiger partial charge on any atom is -0.292 e. The van der Waals surface area contributed by atoms with E-state index in [0.717, 1.165) is 32.6 Å². The van der Waals surface area contributed by atoms with E-state index in [9.17, 15) is 0 Å². The number of hydrogen-bond acceptors (Lipinski definition) is 1. The van der Waals surface area contributed by atoms with E-state index in [-0.39, 0.29) is 5.41 Å². The number of benzene rings is 7. The Morgan fingerprint density at radius 3 is 1.83 bits per heavy atom. The minimum absolute atomic E-state index is 0.348. The summed E-state index contributed by atoms with van der Waals surface area (Å²) in [5.41, 5.74) is 16.9. The van der Waals surface area contributed by atoms with Crippen LogP contribution >= 0.6 is 15.9 Å². The standard InChI is InChI=1S/C44H27BrN2/c45-31-22-24-40-36(27-31)35-26-29(21-23-39(35)44(40)37-17-6-4-15-33(37)34-16-5-7-18-38(34)44)28-11-10-12-30(25-28)43-46-41-19-8-9-20-42(41)47(43)32-13-2-1-3-14-32/h1-27H. The molecule has 0 atom stereocenters. The van der Waals surface area contributed by atoms with Crippen molar-refractivity contribution < 1.29 is 0 Å². The molecule has 2 aliphatic carbocycles. The summed E-state index contributed by atoms with van der Waals surface area (Å²) in [4.78, 5) is 5.14. The molecule has 0 radical (unpaired) electrons. The van der Waals surface area contributed by atoms with Crippen LogP contribution in [0.5, 0.6) is 0 Å². The Bertz CT molecular complexity index is 2500. The monoisotopic (exact) mass is 662 g/mol. The molecular weight excluding hydrogens is 636 g/mol. The average molecular weight is 664 g/mol. The van der Waals surface area contributed by atoms with Gasteiger partial charge in [-0.1, -0.05) is 131 Å². The molecule has 0 saturated heterocycles. The molecule has 0 amide bonds. The molecule has 1 aromatic heterocycles. The van der Waals surface area contributed by atoms with Gasteiger partial charge in [-0.2, -0.15) is 0 Å². The molecule has 7 aromatic carbocycles. The van der Waals surface area contributed by atoms with Gasteiger partial charge in [-0.05, 0) is 104 Å². The summed E-state index contributed by atoms with van der Waals surface area (Å²) >= 11 is 3.81. The maximum absolute atomic E-state index is 5.14. The predicted octanol–water partition coefficient (Wildman–Crippen LogP) is 11.5. The third-order valence-electron chi connectivity index (χ3n) is 10.1. The zero-order valence-electron chi connectivity index (χ0n) is 25.4. The summed E-state index contributed by atoms with van der Waals surface area (Å²) in [6.45, 7) is 0. The highest BCUT2D eigenvalue weighted by Crippen LogP contribution is 2.63. The van der Waals surface area contributed by atoms with Gasteiger partial charge >= 0.3 is 0 Å². The van der Waals surface area contributed by atoms with Crippen molar-refractivity contribution >= 4 is 27.0 Å². The first-order valence-corrected chi connectivity index (χ1v) is 16.8. The summed E-state index contributed by atoms with van der Waals surface area (Å²) in [7, 11) is 0. The van der Waals surface area contributed by atoms with Gasteiger partial charge in [-0.3, -0.25) is 4.57 Å². The van der Waals surface area contributed by atoms with Gasteiger partial charge in [-0.15, -0.1) is 0 Å². The number of halogens is 1. The highest BCUT2D eigenvalue weighted by molar-refractivity contribution is 9.10. The van der Waals surface area contributed by atoms with E-state index in [2.05, 4.69) is 184 Å². The Morgan fingerprint density at radius 1 is 0.447 bits per heavy atom. The highest BCUT2D eigenvalue weighted by atomic mass is 79.9. The molecule has 3 heteroatoms. The Balaban J connectivity index is 1.18. The molecule has 2 aliphatic rings. The largest absolute Gasteiger partial charge is 0.292 e. The Labute approximate surface area is 281 Å². The predicted molar refractivity (Wildman–Crippen MR) is 196 cm³/mol. The first kappa shape index (κ1) is 26.7. The van der Waals surface area contributed by atoms with E-state index >= 15 is 0 Å². The first-order valence-electron chi connectivity index (χ1n) is 16.0. The van der Waals surface area contributed by atoms with Crippen LogP contribution in [0.2, 0.25) is 0 Å². The molecule has 1 spiro atoms. The zero-order chi connectivity index (χ0) is 31.1. The van der Waals surface area contributed by atoms with Crippen LogP contribution in [-0.2, 0) is 5.41 Å². The Morgan fingerprint density at radius 2 is 1.04 bits per heavy atom. The SMILES string of the molecule is Brc1ccc2c(c1)-c1cc(-c3cccc(-c4nc5ccccc5n4-c4ccccc4)c3)ccc1C21c2ccccc2-c2ccccc21. The number of hydrogen-bond donors (Lipinski definition) is 0. The summed E-state index contributed by atoms with van der Waals surface area (Å²) < 4.78 is 3.36. The van der Waals surface area contributed by atoms with Crippen molar-refractivity contribution in [3.05, 3.63) is 191 Å². The van der Waals surface area contributed by atoms with Gasteiger partial charge in [0, 0.05) is 15.7 Å². The van der Waals surface area contributed by atoms with E-state index in [1.807, 2.05) is 0 Å². The van der Waals surface area contributed by atoms with Gasteiger partial charge < -0.3 is 0 Å². The molecule has 0 aliphatic heterocycles. The topological polar surface area (TPSA) is 17.8 Å². The lowest BCUT2D eigenvalue weighted by Gasteiger charge is -2.30. The molecule has 47 heavy (non-hydrogen) atoms. The van der Waals surface area contributed by atoms with Crippen molar-refractivity contribution in [2.75, 3.05) is 0 Å². The van der Waals surface area contributed by atoms with E-state index in [4.69, 9.17) is 4.98 Å². The Kier molecular flexibility index (Phi) is 5.67. The van der Waals surface area contributed by atoms with Crippen molar-refractivity contribution in [2.45, 2.75) is 5.41 Å². The smallest absolute Gasteiger partial charge is 0.145 e. The number of rotatable bonds is 3. The third kappa shape index (κ3) is 3.69. The highest BCUT2D eigenvalue weighted by Gasteiger charge is 2.51. The zero-order valence-corrected chi connectivity index (χ0v) is 26.9. The van der Waals surface area contributed by atoms with Gasteiger partial charge in [0.2, 0.25) is 0 Å². The van der Waals surface area contributed by atoms with Crippen LogP contribution < -0.4 is 0 Å². The lowest BCUT2D eigenvalue weighted by molar-refractivity contribution is 0.793. The second kappa shape index (κ2) is 9.99. The number of fused-ring (bicyclic) bond motifs is 11.